The van der Waals surface area contributed by atoms with Crippen LogP contribution in [0.2, 0.25) is 0 Å². The Morgan fingerprint density at radius 2 is 1.97 bits per heavy atom. The van der Waals surface area contributed by atoms with E-state index in [2.05, 4.69) is 35.3 Å². The summed E-state index contributed by atoms with van der Waals surface area (Å²) in [6, 6.07) is 20.4. The molecule has 3 heterocycles. The van der Waals surface area contributed by atoms with Crippen LogP contribution in [0.15, 0.2) is 66.0 Å². The van der Waals surface area contributed by atoms with Crippen molar-refractivity contribution in [1.29, 1.82) is 0 Å². The summed E-state index contributed by atoms with van der Waals surface area (Å²) in [5.41, 5.74) is 4.67. The lowest BCUT2D eigenvalue weighted by Gasteiger charge is -2.36. The Labute approximate surface area is 173 Å². The van der Waals surface area contributed by atoms with E-state index in [1.165, 1.54) is 10.9 Å². The number of nitrogens with one attached hydrogen (secondary N) is 1. The number of rotatable bonds is 4. The third-order valence-corrected chi connectivity index (χ3v) is 6.57. The molecule has 5 rings (SSSR count). The first kappa shape index (κ1) is 18.0. The molecular formula is C24H22N2O2S. The SMILES string of the molecule is COc1ccc([C@@H]2c3[nH]c4ccccc4c3CCN2C(=O)Cc2cccs2)cc1. The smallest absolute Gasteiger partial charge is 0.228 e. The summed E-state index contributed by atoms with van der Waals surface area (Å²) < 4.78 is 5.33. The van der Waals surface area contributed by atoms with E-state index in [4.69, 9.17) is 4.74 Å². The highest BCUT2D eigenvalue weighted by atomic mass is 32.1. The van der Waals surface area contributed by atoms with Crippen LogP contribution in [0, 0.1) is 0 Å². The number of carbonyl (C=O) groups excluding carboxylic acids is 1. The van der Waals surface area contributed by atoms with Crippen molar-refractivity contribution in [2.75, 3.05) is 13.7 Å². The molecule has 4 nitrogen and oxygen atoms in total. The monoisotopic (exact) mass is 402 g/mol. The van der Waals surface area contributed by atoms with Crippen molar-refractivity contribution < 1.29 is 9.53 Å². The van der Waals surface area contributed by atoms with Crippen molar-refractivity contribution in [1.82, 2.24) is 9.88 Å². The molecule has 4 aromatic rings. The van der Waals surface area contributed by atoms with Gasteiger partial charge in [0.25, 0.3) is 0 Å². The van der Waals surface area contributed by atoms with Gasteiger partial charge in [0, 0.05) is 28.0 Å². The van der Waals surface area contributed by atoms with E-state index < -0.39 is 0 Å². The highest BCUT2D eigenvalue weighted by molar-refractivity contribution is 7.10. The maximum Gasteiger partial charge on any atom is 0.228 e. The number of amides is 1. The molecule has 2 aromatic carbocycles. The number of hydrogen-bond acceptors (Lipinski definition) is 3. The van der Waals surface area contributed by atoms with E-state index in [-0.39, 0.29) is 11.9 Å². The molecule has 29 heavy (non-hydrogen) atoms. The fourth-order valence-corrected chi connectivity index (χ4v) is 5.00. The van der Waals surface area contributed by atoms with Gasteiger partial charge in [-0.2, -0.15) is 0 Å². The average molecular weight is 403 g/mol. The second-order valence-electron chi connectivity index (χ2n) is 7.33. The van der Waals surface area contributed by atoms with Gasteiger partial charge in [-0.3, -0.25) is 4.79 Å². The summed E-state index contributed by atoms with van der Waals surface area (Å²) in [6.45, 7) is 0.718. The molecule has 0 unspecified atom stereocenters. The van der Waals surface area contributed by atoms with Crippen LogP contribution in [0.25, 0.3) is 10.9 Å². The van der Waals surface area contributed by atoms with Gasteiger partial charge in [0.2, 0.25) is 5.91 Å². The zero-order valence-corrected chi connectivity index (χ0v) is 17.0. The molecule has 0 radical (unpaired) electrons. The van der Waals surface area contributed by atoms with Gasteiger partial charge in [-0.25, -0.2) is 0 Å². The van der Waals surface area contributed by atoms with Crippen molar-refractivity contribution in [2.45, 2.75) is 18.9 Å². The minimum atomic E-state index is -0.121. The summed E-state index contributed by atoms with van der Waals surface area (Å²) >= 11 is 1.63. The van der Waals surface area contributed by atoms with Gasteiger partial charge < -0.3 is 14.6 Å². The average Bonchev–Trinajstić information content (AvgIpc) is 3.40. The van der Waals surface area contributed by atoms with Gasteiger partial charge in [-0.1, -0.05) is 36.4 Å². The number of benzene rings is 2. The quantitative estimate of drug-likeness (QED) is 0.525. The van der Waals surface area contributed by atoms with Crippen molar-refractivity contribution in [3.8, 4) is 5.75 Å². The number of methoxy groups -OCH3 is 1. The molecule has 0 fully saturated rings. The molecule has 2 aromatic heterocycles. The third-order valence-electron chi connectivity index (χ3n) is 5.69. The first-order valence-electron chi connectivity index (χ1n) is 9.80. The number of aromatic nitrogens is 1. The molecule has 0 saturated heterocycles. The van der Waals surface area contributed by atoms with E-state index in [0.717, 1.165) is 40.4 Å². The molecule has 1 N–H and O–H groups in total. The summed E-state index contributed by atoms with van der Waals surface area (Å²) in [5.74, 6) is 0.982. The Morgan fingerprint density at radius 3 is 2.72 bits per heavy atom. The maximum atomic E-state index is 13.3. The number of aromatic amines is 1. The molecule has 0 bridgehead atoms. The summed E-state index contributed by atoms with van der Waals surface area (Å²) in [5, 5.41) is 3.28. The van der Waals surface area contributed by atoms with Crippen molar-refractivity contribution in [3.05, 3.63) is 87.7 Å². The Bertz CT molecular complexity index is 1150. The number of nitrogens with zero attached hydrogens (tertiary/aromatic N) is 1. The van der Waals surface area contributed by atoms with E-state index in [9.17, 15) is 4.79 Å². The molecule has 0 saturated carbocycles. The van der Waals surface area contributed by atoms with Crippen LogP contribution in [0.3, 0.4) is 0 Å². The topological polar surface area (TPSA) is 45.3 Å². The van der Waals surface area contributed by atoms with Crippen LogP contribution in [0.1, 0.15) is 27.7 Å². The molecule has 146 valence electrons. The van der Waals surface area contributed by atoms with Gasteiger partial charge >= 0.3 is 0 Å². The highest BCUT2D eigenvalue weighted by Crippen LogP contribution is 2.39. The summed E-state index contributed by atoms with van der Waals surface area (Å²) in [6.07, 6.45) is 1.31. The number of fused-ring (bicyclic) bond motifs is 3. The van der Waals surface area contributed by atoms with E-state index >= 15 is 0 Å². The third kappa shape index (κ3) is 3.21. The lowest BCUT2D eigenvalue weighted by Crippen LogP contribution is -2.41. The molecule has 1 aliphatic heterocycles. The second-order valence-corrected chi connectivity index (χ2v) is 8.36. The van der Waals surface area contributed by atoms with Crippen LogP contribution in [-0.4, -0.2) is 29.4 Å². The Hall–Kier alpha value is -3.05. The van der Waals surface area contributed by atoms with Gasteiger partial charge in [0.15, 0.2) is 0 Å². The Kier molecular flexibility index (Phi) is 4.60. The molecular weight excluding hydrogens is 380 g/mol. The standard InChI is InChI=1S/C24H22N2O2S/c1-28-17-10-8-16(9-11-17)24-23-20(19-6-2-3-7-21(19)25-23)12-13-26(24)22(27)15-18-5-4-14-29-18/h2-11,14,24-25H,12-13,15H2,1H3/t24-/m1/s1. The summed E-state index contributed by atoms with van der Waals surface area (Å²) in [7, 11) is 1.67. The maximum absolute atomic E-state index is 13.3. The van der Waals surface area contributed by atoms with Crippen LogP contribution in [0.4, 0.5) is 0 Å². The lowest BCUT2D eigenvalue weighted by atomic mass is 9.92. The van der Waals surface area contributed by atoms with Crippen LogP contribution < -0.4 is 4.74 Å². The molecule has 0 spiro atoms. The van der Waals surface area contributed by atoms with Crippen LogP contribution in [0.5, 0.6) is 5.75 Å². The fraction of sp³-hybridized carbons (Fsp3) is 0.208. The second kappa shape index (κ2) is 7.41. The van der Waals surface area contributed by atoms with Crippen molar-refractivity contribution >= 4 is 28.1 Å². The number of thiophene rings is 1. The molecule has 1 atom stereocenters. The van der Waals surface area contributed by atoms with Gasteiger partial charge in [-0.05, 0) is 47.2 Å². The molecule has 5 heteroatoms. The van der Waals surface area contributed by atoms with Crippen LogP contribution in [-0.2, 0) is 17.6 Å². The zero-order chi connectivity index (χ0) is 19.8. The minimum absolute atomic E-state index is 0.121. The zero-order valence-electron chi connectivity index (χ0n) is 16.2. The first-order valence-corrected chi connectivity index (χ1v) is 10.7. The van der Waals surface area contributed by atoms with Gasteiger partial charge in [0.1, 0.15) is 5.75 Å². The predicted molar refractivity (Wildman–Crippen MR) is 117 cm³/mol. The lowest BCUT2D eigenvalue weighted by molar-refractivity contribution is -0.132. The number of para-hydroxylation sites is 1. The largest absolute Gasteiger partial charge is 0.497 e. The molecule has 1 aliphatic rings. The van der Waals surface area contributed by atoms with E-state index in [1.54, 1.807) is 18.4 Å². The fourth-order valence-electron chi connectivity index (χ4n) is 4.31. The Morgan fingerprint density at radius 1 is 1.14 bits per heavy atom. The normalized spacial score (nSPS) is 16.0. The van der Waals surface area contributed by atoms with Gasteiger partial charge in [0.05, 0.1) is 19.6 Å². The summed E-state index contributed by atoms with van der Waals surface area (Å²) in [4.78, 5) is 20.0. The predicted octanol–water partition coefficient (Wildman–Crippen LogP) is 4.95. The van der Waals surface area contributed by atoms with Crippen molar-refractivity contribution in [3.63, 3.8) is 0 Å². The van der Waals surface area contributed by atoms with Gasteiger partial charge in [-0.15, -0.1) is 11.3 Å². The van der Waals surface area contributed by atoms with Crippen LogP contribution >= 0.6 is 11.3 Å². The molecule has 1 amide bonds. The number of hydrogen-bond donors (Lipinski definition) is 1. The number of H-pyrrole nitrogens is 1. The number of ether oxygens (including phenoxy) is 1. The van der Waals surface area contributed by atoms with E-state index in [0.29, 0.717) is 6.42 Å². The van der Waals surface area contributed by atoms with Crippen molar-refractivity contribution in [2.24, 2.45) is 0 Å². The Balaban J connectivity index is 1.59. The first-order chi connectivity index (χ1) is 14.2. The highest BCUT2D eigenvalue weighted by Gasteiger charge is 2.34. The molecule has 0 aliphatic carbocycles. The number of carbonyl (C=O) groups is 1. The van der Waals surface area contributed by atoms with E-state index in [1.807, 2.05) is 40.6 Å². The minimum Gasteiger partial charge on any atom is -0.497 e.